The maximum Gasteiger partial charge on any atom is 0.335 e. The lowest BCUT2D eigenvalue weighted by atomic mass is 10.1. The Morgan fingerprint density at radius 3 is 2.74 bits per heavy atom. The highest BCUT2D eigenvalue weighted by atomic mass is 16.5. The van der Waals surface area contributed by atoms with Crippen molar-refractivity contribution in [1.82, 2.24) is 0 Å². The predicted molar refractivity (Wildman–Crippen MR) is 76.9 cm³/mol. The minimum absolute atomic E-state index is 0.323. The first-order valence-corrected chi connectivity index (χ1v) is 6.66. The van der Waals surface area contributed by atoms with Gasteiger partial charge < -0.3 is 15.2 Å². The van der Waals surface area contributed by atoms with Crippen molar-refractivity contribution >= 4 is 11.7 Å². The summed E-state index contributed by atoms with van der Waals surface area (Å²) in [6, 6.07) is 5.11. The van der Waals surface area contributed by atoms with E-state index in [4.69, 9.17) is 9.84 Å². The van der Waals surface area contributed by atoms with E-state index in [0.29, 0.717) is 11.5 Å². The highest BCUT2D eigenvalue weighted by Crippen LogP contribution is 2.16. The minimum atomic E-state index is -0.892. The van der Waals surface area contributed by atoms with Crippen molar-refractivity contribution in [3.63, 3.8) is 0 Å². The number of hydrogen-bond donors (Lipinski definition) is 2. The number of anilines is 1. The van der Waals surface area contributed by atoms with Crippen LogP contribution < -0.4 is 5.32 Å². The van der Waals surface area contributed by atoms with E-state index >= 15 is 0 Å². The van der Waals surface area contributed by atoms with Gasteiger partial charge in [-0.3, -0.25) is 0 Å². The van der Waals surface area contributed by atoms with E-state index in [1.165, 1.54) is 0 Å². The first-order valence-electron chi connectivity index (χ1n) is 6.66. The molecule has 0 fully saturated rings. The zero-order valence-electron chi connectivity index (χ0n) is 11.9. The number of aromatic carboxylic acids is 1. The molecule has 106 valence electrons. The molecule has 0 aliphatic carbocycles. The molecule has 0 saturated heterocycles. The molecule has 2 N–H and O–H groups in total. The molecule has 19 heavy (non-hydrogen) atoms. The van der Waals surface area contributed by atoms with Crippen molar-refractivity contribution < 1.29 is 14.6 Å². The fourth-order valence-corrected chi connectivity index (χ4v) is 1.71. The van der Waals surface area contributed by atoms with Crippen LogP contribution in [0.3, 0.4) is 0 Å². The number of hydrogen-bond acceptors (Lipinski definition) is 3. The lowest BCUT2D eigenvalue weighted by Gasteiger charge is -2.11. The lowest BCUT2D eigenvalue weighted by molar-refractivity contribution is 0.0697. The molecule has 0 aliphatic heterocycles. The van der Waals surface area contributed by atoms with Gasteiger partial charge in [-0.25, -0.2) is 4.79 Å². The van der Waals surface area contributed by atoms with Gasteiger partial charge in [0.15, 0.2) is 0 Å². The first-order chi connectivity index (χ1) is 9.00. The molecule has 1 aromatic carbocycles. The number of carboxylic acid groups (broad SMARTS) is 1. The fraction of sp³-hybridized carbons (Fsp3) is 0.533. The summed E-state index contributed by atoms with van der Waals surface area (Å²) in [5.74, 6) is -0.324. The Morgan fingerprint density at radius 2 is 2.16 bits per heavy atom. The Bertz CT molecular complexity index is 416. The van der Waals surface area contributed by atoms with Crippen molar-refractivity contribution in [2.75, 3.05) is 25.1 Å². The summed E-state index contributed by atoms with van der Waals surface area (Å²) in [7, 11) is 0. The number of nitrogens with one attached hydrogen (secondary N) is 1. The monoisotopic (exact) mass is 265 g/mol. The normalized spacial score (nSPS) is 10.7. The minimum Gasteiger partial charge on any atom is -0.478 e. The summed E-state index contributed by atoms with van der Waals surface area (Å²) >= 11 is 0. The summed E-state index contributed by atoms with van der Waals surface area (Å²) < 4.78 is 5.50. The molecule has 0 unspecified atom stereocenters. The molecule has 0 aromatic heterocycles. The molecule has 0 atom stereocenters. The molecule has 0 bridgehead atoms. The van der Waals surface area contributed by atoms with Gasteiger partial charge in [0.05, 0.1) is 5.56 Å². The third-order valence-electron chi connectivity index (χ3n) is 2.71. The van der Waals surface area contributed by atoms with Crippen LogP contribution in [-0.4, -0.2) is 30.8 Å². The van der Waals surface area contributed by atoms with E-state index in [2.05, 4.69) is 19.2 Å². The van der Waals surface area contributed by atoms with E-state index < -0.39 is 5.97 Å². The van der Waals surface area contributed by atoms with Gasteiger partial charge in [-0.1, -0.05) is 13.8 Å². The van der Waals surface area contributed by atoms with Crippen LogP contribution in [0.1, 0.15) is 36.2 Å². The zero-order chi connectivity index (χ0) is 14.3. The second-order valence-corrected chi connectivity index (χ2v) is 5.08. The van der Waals surface area contributed by atoms with Crippen LogP contribution in [0.15, 0.2) is 18.2 Å². The average molecular weight is 265 g/mol. The molecule has 0 saturated carbocycles. The Labute approximate surface area is 114 Å². The molecule has 0 radical (unpaired) electrons. The van der Waals surface area contributed by atoms with Gasteiger partial charge in [-0.15, -0.1) is 0 Å². The van der Waals surface area contributed by atoms with E-state index in [1.807, 2.05) is 13.0 Å². The van der Waals surface area contributed by atoms with Crippen LogP contribution in [0.25, 0.3) is 0 Å². The van der Waals surface area contributed by atoms with E-state index in [-0.39, 0.29) is 0 Å². The first kappa shape index (κ1) is 15.5. The van der Waals surface area contributed by atoms with Crippen LogP contribution in [0, 0.1) is 12.8 Å². The third kappa shape index (κ3) is 5.75. The lowest BCUT2D eigenvalue weighted by Crippen LogP contribution is -2.09. The number of carbonyl (C=O) groups is 1. The summed E-state index contributed by atoms with van der Waals surface area (Å²) in [6.45, 7) is 8.54. The molecule has 1 aromatic rings. The van der Waals surface area contributed by atoms with E-state index in [9.17, 15) is 4.79 Å². The zero-order valence-corrected chi connectivity index (χ0v) is 11.9. The Balaban J connectivity index is 2.32. The number of ether oxygens (including phenoxy) is 1. The van der Waals surface area contributed by atoms with Crippen LogP contribution in [0.2, 0.25) is 0 Å². The Hall–Kier alpha value is -1.55. The number of aryl methyl sites for hydroxylation is 1. The standard InChI is InChI=1S/C15H23NO3/c1-11(2)10-19-8-4-7-16-14-6-5-13(15(17)18)9-12(14)3/h5-6,9,11,16H,4,7-8,10H2,1-3H3,(H,17,18). The van der Waals surface area contributed by atoms with E-state index in [1.54, 1.807) is 12.1 Å². The van der Waals surface area contributed by atoms with Gasteiger partial charge in [0, 0.05) is 25.4 Å². The summed E-state index contributed by atoms with van der Waals surface area (Å²) in [5.41, 5.74) is 2.25. The largest absolute Gasteiger partial charge is 0.478 e. The number of rotatable bonds is 8. The molecular weight excluding hydrogens is 242 g/mol. The molecule has 0 aliphatic rings. The second kappa shape index (κ2) is 7.79. The second-order valence-electron chi connectivity index (χ2n) is 5.08. The molecule has 0 amide bonds. The van der Waals surface area contributed by atoms with Crippen molar-refractivity contribution in [3.8, 4) is 0 Å². The molecule has 0 spiro atoms. The van der Waals surface area contributed by atoms with Crippen molar-refractivity contribution in [2.24, 2.45) is 5.92 Å². The third-order valence-corrected chi connectivity index (χ3v) is 2.71. The highest BCUT2D eigenvalue weighted by molar-refractivity contribution is 5.88. The predicted octanol–water partition coefficient (Wildman–Crippen LogP) is 3.17. The van der Waals surface area contributed by atoms with Crippen LogP contribution in [0.4, 0.5) is 5.69 Å². The van der Waals surface area contributed by atoms with Crippen molar-refractivity contribution in [3.05, 3.63) is 29.3 Å². The van der Waals surface area contributed by atoms with Gasteiger partial charge in [-0.05, 0) is 43.0 Å². The summed E-state index contributed by atoms with van der Waals surface area (Å²) in [6.07, 6.45) is 0.937. The quantitative estimate of drug-likeness (QED) is 0.709. The smallest absolute Gasteiger partial charge is 0.335 e. The van der Waals surface area contributed by atoms with Crippen LogP contribution >= 0.6 is 0 Å². The number of benzene rings is 1. The fourth-order valence-electron chi connectivity index (χ4n) is 1.71. The molecule has 4 nitrogen and oxygen atoms in total. The van der Waals surface area contributed by atoms with Gasteiger partial charge in [-0.2, -0.15) is 0 Å². The molecular formula is C15H23NO3. The Morgan fingerprint density at radius 1 is 1.42 bits per heavy atom. The summed E-state index contributed by atoms with van der Waals surface area (Å²) in [5, 5.41) is 12.2. The van der Waals surface area contributed by atoms with Gasteiger partial charge >= 0.3 is 5.97 Å². The number of carboxylic acids is 1. The van der Waals surface area contributed by atoms with Crippen LogP contribution in [-0.2, 0) is 4.74 Å². The van der Waals surface area contributed by atoms with Crippen molar-refractivity contribution in [2.45, 2.75) is 27.2 Å². The summed E-state index contributed by atoms with van der Waals surface area (Å²) in [4.78, 5) is 10.8. The highest BCUT2D eigenvalue weighted by Gasteiger charge is 2.05. The van der Waals surface area contributed by atoms with Crippen molar-refractivity contribution in [1.29, 1.82) is 0 Å². The molecule has 0 heterocycles. The maximum atomic E-state index is 10.8. The SMILES string of the molecule is Cc1cc(C(=O)O)ccc1NCCCOCC(C)C. The van der Waals surface area contributed by atoms with Gasteiger partial charge in [0.2, 0.25) is 0 Å². The van der Waals surface area contributed by atoms with Gasteiger partial charge in [0.25, 0.3) is 0 Å². The van der Waals surface area contributed by atoms with E-state index in [0.717, 1.165) is 37.4 Å². The topological polar surface area (TPSA) is 58.6 Å². The Kier molecular flexibility index (Phi) is 6.36. The molecule has 4 heteroatoms. The average Bonchev–Trinajstić information content (AvgIpc) is 2.34. The maximum absolute atomic E-state index is 10.8. The van der Waals surface area contributed by atoms with Gasteiger partial charge in [0.1, 0.15) is 0 Å². The van der Waals surface area contributed by atoms with Crippen LogP contribution in [0.5, 0.6) is 0 Å². The molecule has 1 rings (SSSR count).